The highest BCUT2D eigenvalue weighted by molar-refractivity contribution is 8.01. The lowest BCUT2D eigenvalue weighted by atomic mass is 10.0. The number of nitrogens with zero attached hydrogens (tertiary/aromatic N) is 2. The molecular weight excluding hydrogens is 455 g/mol. The van der Waals surface area contributed by atoms with Crippen LogP contribution in [-0.2, 0) is 16.2 Å². The third kappa shape index (κ3) is 3.49. The summed E-state index contributed by atoms with van der Waals surface area (Å²) in [7, 11) is 3.13. The van der Waals surface area contributed by atoms with Crippen LogP contribution < -0.4 is 14.4 Å². The van der Waals surface area contributed by atoms with E-state index in [1.807, 2.05) is 12.1 Å². The van der Waals surface area contributed by atoms with E-state index in [0.717, 1.165) is 0 Å². The summed E-state index contributed by atoms with van der Waals surface area (Å²) in [5, 5.41) is 0. The van der Waals surface area contributed by atoms with Crippen molar-refractivity contribution in [2.75, 3.05) is 31.4 Å². The maximum absolute atomic E-state index is 14.1. The van der Waals surface area contributed by atoms with E-state index in [2.05, 4.69) is 0 Å². The standard InChI is InChI=1S/C26H23FN2O4S/c1-32-20-8-6-18(7-9-20)24(30)29-12-13-34-26(29)22-15-21(33-2)10-11-23(22)28(25(26)31)16-17-4-3-5-19(27)14-17/h3-11,14-15H,12-13,16H2,1-2H3/t26-/m1/s1. The number of anilines is 1. The van der Waals surface area contributed by atoms with E-state index >= 15 is 0 Å². The van der Waals surface area contributed by atoms with Crippen LogP contribution in [0.15, 0.2) is 66.7 Å². The summed E-state index contributed by atoms with van der Waals surface area (Å²) in [5.41, 5.74) is 2.54. The van der Waals surface area contributed by atoms with Gasteiger partial charge in [-0.15, -0.1) is 11.8 Å². The lowest BCUT2D eigenvalue weighted by Crippen LogP contribution is -2.50. The van der Waals surface area contributed by atoms with Crippen molar-refractivity contribution in [3.8, 4) is 11.5 Å². The van der Waals surface area contributed by atoms with E-state index in [1.165, 1.54) is 23.9 Å². The number of ether oxygens (including phenoxy) is 2. The van der Waals surface area contributed by atoms with Crippen molar-refractivity contribution < 1.29 is 23.5 Å². The quantitative estimate of drug-likeness (QED) is 0.543. The number of carbonyl (C=O) groups excluding carboxylic acids is 2. The molecule has 3 aromatic rings. The van der Waals surface area contributed by atoms with Crippen LogP contribution in [-0.4, -0.2) is 43.2 Å². The highest BCUT2D eigenvalue weighted by atomic mass is 32.2. The van der Waals surface area contributed by atoms with E-state index in [1.54, 1.807) is 66.5 Å². The topological polar surface area (TPSA) is 59.1 Å². The Morgan fingerprint density at radius 2 is 1.76 bits per heavy atom. The Balaban J connectivity index is 1.59. The van der Waals surface area contributed by atoms with Crippen LogP contribution >= 0.6 is 11.8 Å². The second kappa shape index (κ2) is 8.68. The number of thioether (sulfide) groups is 1. The molecule has 1 spiro atoms. The van der Waals surface area contributed by atoms with Gasteiger partial charge in [-0.3, -0.25) is 9.59 Å². The van der Waals surface area contributed by atoms with Gasteiger partial charge >= 0.3 is 0 Å². The molecule has 2 amide bonds. The maximum atomic E-state index is 14.1. The molecule has 174 valence electrons. The Hall–Kier alpha value is -3.52. The predicted octanol–water partition coefficient (Wildman–Crippen LogP) is 4.43. The van der Waals surface area contributed by atoms with E-state index in [4.69, 9.17) is 9.47 Å². The summed E-state index contributed by atoms with van der Waals surface area (Å²) >= 11 is 1.44. The minimum absolute atomic E-state index is 0.197. The van der Waals surface area contributed by atoms with Crippen molar-refractivity contribution in [3.63, 3.8) is 0 Å². The number of benzene rings is 3. The van der Waals surface area contributed by atoms with Crippen LogP contribution in [0.3, 0.4) is 0 Å². The molecule has 6 nitrogen and oxygen atoms in total. The van der Waals surface area contributed by atoms with Gasteiger partial charge in [0.15, 0.2) is 4.87 Å². The van der Waals surface area contributed by atoms with Crippen molar-refractivity contribution in [2.24, 2.45) is 0 Å². The molecular formula is C26H23FN2O4S. The third-order valence-electron chi connectivity index (χ3n) is 6.21. The Morgan fingerprint density at radius 1 is 1.03 bits per heavy atom. The first-order valence-electron chi connectivity index (χ1n) is 10.8. The van der Waals surface area contributed by atoms with Crippen molar-refractivity contribution >= 4 is 29.3 Å². The Labute approximate surface area is 201 Å². The van der Waals surface area contributed by atoms with E-state index < -0.39 is 4.87 Å². The Morgan fingerprint density at radius 3 is 2.47 bits per heavy atom. The summed E-state index contributed by atoms with van der Waals surface area (Å²) in [6.45, 7) is 0.620. The summed E-state index contributed by atoms with van der Waals surface area (Å²) in [4.78, 5) is 29.8. The molecule has 5 rings (SSSR count). The molecule has 8 heteroatoms. The minimum Gasteiger partial charge on any atom is -0.497 e. The summed E-state index contributed by atoms with van der Waals surface area (Å²) < 4.78 is 24.5. The van der Waals surface area contributed by atoms with Crippen molar-refractivity contribution in [1.29, 1.82) is 0 Å². The number of carbonyl (C=O) groups is 2. The first-order valence-corrected chi connectivity index (χ1v) is 11.8. The Bertz CT molecular complexity index is 1270. The molecule has 0 N–H and O–H groups in total. The normalized spacial score (nSPS) is 19.0. The van der Waals surface area contributed by atoms with Gasteiger partial charge in [0.25, 0.3) is 11.8 Å². The van der Waals surface area contributed by atoms with Gasteiger partial charge in [0.2, 0.25) is 0 Å². The van der Waals surface area contributed by atoms with Crippen LogP contribution in [0.4, 0.5) is 10.1 Å². The maximum Gasteiger partial charge on any atom is 0.268 e. The van der Waals surface area contributed by atoms with Gasteiger partial charge in [-0.2, -0.15) is 0 Å². The van der Waals surface area contributed by atoms with E-state index in [-0.39, 0.29) is 24.2 Å². The average Bonchev–Trinajstić information content (AvgIpc) is 3.40. The summed E-state index contributed by atoms with van der Waals surface area (Å²) in [5.74, 6) is 1.04. The first kappa shape index (κ1) is 22.3. The van der Waals surface area contributed by atoms with Crippen molar-refractivity contribution in [2.45, 2.75) is 11.4 Å². The number of methoxy groups -OCH3 is 2. The highest BCUT2D eigenvalue weighted by Crippen LogP contribution is 2.55. The van der Waals surface area contributed by atoms with E-state index in [9.17, 15) is 14.0 Å². The van der Waals surface area contributed by atoms with Crippen LogP contribution in [0.2, 0.25) is 0 Å². The first-order chi connectivity index (χ1) is 16.5. The fourth-order valence-corrected chi connectivity index (χ4v) is 6.04. The fourth-order valence-electron chi connectivity index (χ4n) is 4.59. The minimum atomic E-state index is -1.21. The van der Waals surface area contributed by atoms with Gasteiger partial charge in [-0.25, -0.2) is 4.39 Å². The molecule has 34 heavy (non-hydrogen) atoms. The molecule has 0 unspecified atom stereocenters. The molecule has 1 saturated heterocycles. The zero-order valence-electron chi connectivity index (χ0n) is 18.8. The zero-order valence-corrected chi connectivity index (χ0v) is 19.6. The molecule has 0 aromatic heterocycles. The van der Waals surface area contributed by atoms with Crippen LogP contribution in [0, 0.1) is 5.82 Å². The van der Waals surface area contributed by atoms with Crippen LogP contribution in [0.25, 0.3) is 0 Å². The number of fused-ring (bicyclic) bond motifs is 2. The van der Waals surface area contributed by atoms with Crippen LogP contribution in [0.5, 0.6) is 11.5 Å². The molecule has 2 aliphatic heterocycles. The molecule has 2 heterocycles. The SMILES string of the molecule is COc1ccc(C(=O)N2CCS[C@]23C(=O)N(Cc2cccc(F)c2)c2ccc(OC)cc23)cc1. The van der Waals surface area contributed by atoms with Gasteiger partial charge in [0, 0.05) is 23.4 Å². The highest BCUT2D eigenvalue weighted by Gasteiger charge is 2.59. The zero-order chi connectivity index (χ0) is 23.9. The van der Waals surface area contributed by atoms with Gasteiger partial charge in [0.05, 0.1) is 26.5 Å². The molecule has 0 saturated carbocycles. The third-order valence-corrected chi connectivity index (χ3v) is 7.63. The molecule has 2 aliphatic rings. The van der Waals surface area contributed by atoms with Crippen molar-refractivity contribution in [3.05, 3.63) is 89.2 Å². The molecule has 1 atom stereocenters. The largest absolute Gasteiger partial charge is 0.497 e. The fraction of sp³-hybridized carbons (Fsp3) is 0.231. The van der Waals surface area contributed by atoms with Gasteiger partial charge in [0.1, 0.15) is 17.3 Å². The number of hydrogen-bond acceptors (Lipinski definition) is 5. The molecule has 0 bridgehead atoms. The lowest BCUT2D eigenvalue weighted by Gasteiger charge is -2.33. The van der Waals surface area contributed by atoms with Crippen LogP contribution in [0.1, 0.15) is 21.5 Å². The van der Waals surface area contributed by atoms with Gasteiger partial charge in [-0.05, 0) is 60.2 Å². The molecule has 3 aromatic carbocycles. The number of halogens is 1. The van der Waals surface area contributed by atoms with Gasteiger partial charge < -0.3 is 19.3 Å². The number of amides is 2. The summed E-state index contributed by atoms with van der Waals surface area (Å²) in [6.07, 6.45) is 0. The van der Waals surface area contributed by atoms with Crippen molar-refractivity contribution in [1.82, 2.24) is 4.90 Å². The summed E-state index contributed by atoms with van der Waals surface area (Å²) in [6, 6.07) is 18.5. The Kier molecular flexibility index (Phi) is 5.69. The number of rotatable bonds is 5. The number of hydrogen-bond donors (Lipinski definition) is 0. The second-order valence-corrected chi connectivity index (χ2v) is 9.37. The second-order valence-electron chi connectivity index (χ2n) is 8.08. The van der Waals surface area contributed by atoms with Gasteiger partial charge in [-0.1, -0.05) is 12.1 Å². The molecule has 1 fully saturated rings. The predicted molar refractivity (Wildman–Crippen MR) is 129 cm³/mol. The average molecular weight is 479 g/mol. The smallest absolute Gasteiger partial charge is 0.268 e. The monoisotopic (exact) mass is 478 g/mol. The molecule has 0 radical (unpaired) electrons. The van der Waals surface area contributed by atoms with E-state index in [0.29, 0.717) is 46.2 Å². The molecule has 0 aliphatic carbocycles. The lowest BCUT2D eigenvalue weighted by molar-refractivity contribution is -0.123.